The van der Waals surface area contributed by atoms with Crippen molar-refractivity contribution in [3.05, 3.63) is 57.9 Å². The highest BCUT2D eigenvalue weighted by atomic mass is 19.1. The molecule has 1 heterocycles. The Morgan fingerprint density at radius 2 is 2.06 bits per heavy atom. The van der Waals surface area contributed by atoms with E-state index in [1.54, 1.807) is 18.2 Å². The van der Waals surface area contributed by atoms with Gasteiger partial charge in [0.05, 0.1) is 0 Å². The molecule has 0 aliphatic heterocycles. The van der Waals surface area contributed by atoms with Gasteiger partial charge in [-0.1, -0.05) is 18.2 Å². The Bertz CT molecular complexity index is 565. The summed E-state index contributed by atoms with van der Waals surface area (Å²) in [4.78, 5) is 16.8. The normalized spacial score (nSPS) is 10.3. The van der Waals surface area contributed by atoms with E-state index in [4.69, 9.17) is 5.73 Å². The Hall–Kier alpha value is -2.17. The van der Waals surface area contributed by atoms with Crippen molar-refractivity contribution in [1.29, 1.82) is 0 Å². The molecule has 3 N–H and O–H groups in total. The van der Waals surface area contributed by atoms with Crippen molar-refractivity contribution in [2.24, 2.45) is 0 Å². The lowest BCUT2D eigenvalue weighted by molar-refractivity contribution is 0.614. The van der Waals surface area contributed by atoms with E-state index in [9.17, 15) is 9.18 Å². The predicted octanol–water partition coefficient (Wildman–Crippen LogP) is 1.08. The smallest absolute Gasteiger partial charge is 0.346 e. The fourth-order valence-corrected chi connectivity index (χ4v) is 1.42. The summed E-state index contributed by atoms with van der Waals surface area (Å²) < 4.78 is 13.4. The van der Waals surface area contributed by atoms with E-state index in [1.165, 1.54) is 12.3 Å². The van der Waals surface area contributed by atoms with Gasteiger partial charge in [-0.15, -0.1) is 0 Å². The number of H-pyrrole nitrogens is 1. The molecule has 0 unspecified atom stereocenters. The van der Waals surface area contributed by atoms with Gasteiger partial charge < -0.3 is 5.73 Å². The molecule has 16 heavy (non-hydrogen) atoms. The van der Waals surface area contributed by atoms with Crippen LogP contribution in [0.25, 0.3) is 0 Å². The number of nitrogen functional groups attached to an aromatic ring is 1. The Labute approximate surface area is 91.0 Å². The van der Waals surface area contributed by atoms with Crippen LogP contribution in [-0.4, -0.2) is 9.97 Å². The molecule has 0 saturated carbocycles. The number of aromatic amines is 1. The molecule has 5 heteroatoms. The maximum atomic E-state index is 13.4. The van der Waals surface area contributed by atoms with Gasteiger partial charge >= 0.3 is 5.69 Å². The number of halogens is 1. The molecule has 2 rings (SSSR count). The van der Waals surface area contributed by atoms with Crippen molar-refractivity contribution in [1.82, 2.24) is 9.97 Å². The molecule has 2 aromatic rings. The summed E-state index contributed by atoms with van der Waals surface area (Å²) in [7, 11) is 0. The zero-order valence-electron chi connectivity index (χ0n) is 8.40. The lowest BCUT2D eigenvalue weighted by Gasteiger charge is -2.05. The third kappa shape index (κ3) is 2.08. The van der Waals surface area contributed by atoms with Crippen LogP contribution in [0.2, 0.25) is 0 Å². The molecular weight excluding hydrogens is 209 g/mol. The number of benzene rings is 1. The van der Waals surface area contributed by atoms with Gasteiger partial charge in [0.25, 0.3) is 0 Å². The molecule has 0 aliphatic rings. The highest BCUT2D eigenvalue weighted by Gasteiger charge is 2.06. The zero-order valence-corrected chi connectivity index (χ0v) is 8.40. The molecule has 0 aliphatic carbocycles. The first-order valence-corrected chi connectivity index (χ1v) is 4.74. The lowest BCUT2D eigenvalue weighted by Crippen LogP contribution is -2.14. The van der Waals surface area contributed by atoms with Crippen molar-refractivity contribution >= 4 is 5.82 Å². The Balaban J connectivity index is 2.34. The standard InChI is InChI=1S/C11H10FN3O/c12-9-4-2-1-3-7(9)5-8-6-14-11(16)15-10(8)13/h1-4,6H,5H2,(H3,13,14,15,16). The fourth-order valence-electron chi connectivity index (χ4n) is 1.42. The summed E-state index contributed by atoms with van der Waals surface area (Å²) in [5, 5.41) is 0. The largest absolute Gasteiger partial charge is 0.385 e. The molecule has 0 fully saturated rings. The van der Waals surface area contributed by atoms with E-state index in [2.05, 4.69) is 9.97 Å². The van der Waals surface area contributed by atoms with Crippen LogP contribution in [0.15, 0.2) is 35.3 Å². The average Bonchev–Trinajstić information content (AvgIpc) is 2.25. The van der Waals surface area contributed by atoms with Gasteiger partial charge in [-0.05, 0) is 11.6 Å². The first kappa shape index (κ1) is 10.4. The van der Waals surface area contributed by atoms with Gasteiger partial charge in [-0.2, -0.15) is 0 Å². The second kappa shape index (κ2) is 4.14. The summed E-state index contributed by atoms with van der Waals surface area (Å²) in [6.07, 6.45) is 1.67. The fraction of sp³-hybridized carbons (Fsp3) is 0.0909. The average molecular weight is 219 g/mol. The molecule has 0 saturated heterocycles. The maximum Gasteiger partial charge on any atom is 0.346 e. The number of nitrogens with one attached hydrogen (secondary N) is 1. The number of anilines is 1. The third-order valence-corrected chi connectivity index (χ3v) is 2.26. The molecule has 1 aromatic heterocycles. The van der Waals surface area contributed by atoms with Crippen molar-refractivity contribution in [2.75, 3.05) is 5.73 Å². The number of rotatable bonds is 2. The quantitative estimate of drug-likeness (QED) is 0.793. The first-order chi connectivity index (χ1) is 7.66. The van der Waals surface area contributed by atoms with E-state index in [0.717, 1.165) is 0 Å². The molecular formula is C11H10FN3O. The van der Waals surface area contributed by atoms with Crippen LogP contribution in [0.3, 0.4) is 0 Å². The third-order valence-electron chi connectivity index (χ3n) is 2.26. The van der Waals surface area contributed by atoms with Gasteiger partial charge in [-0.3, -0.25) is 4.98 Å². The first-order valence-electron chi connectivity index (χ1n) is 4.74. The van der Waals surface area contributed by atoms with Crippen LogP contribution in [0.5, 0.6) is 0 Å². The molecule has 1 aromatic carbocycles. The topological polar surface area (TPSA) is 71.8 Å². The van der Waals surface area contributed by atoms with Crippen LogP contribution >= 0.6 is 0 Å². The molecule has 0 bridgehead atoms. The zero-order chi connectivity index (χ0) is 11.5. The van der Waals surface area contributed by atoms with E-state index < -0.39 is 5.69 Å². The number of hydrogen-bond acceptors (Lipinski definition) is 3. The summed E-state index contributed by atoms with van der Waals surface area (Å²) in [5.74, 6) is -0.0728. The number of aromatic nitrogens is 2. The van der Waals surface area contributed by atoms with Gasteiger partial charge in [0.15, 0.2) is 0 Å². The van der Waals surface area contributed by atoms with E-state index in [1.807, 2.05) is 0 Å². The van der Waals surface area contributed by atoms with E-state index >= 15 is 0 Å². The second-order valence-electron chi connectivity index (χ2n) is 3.40. The summed E-state index contributed by atoms with van der Waals surface area (Å²) in [6, 6.07) is 6.41. The van der Waals surface area contributed by atoms with E-state index in [0.29, 0.717) is 17.5 Å². The van der Waals surface area contributed by atoms with Crippen molar-refractivity contribution in [3.8, 4) is 0 Å². The minimum atomic E-state index is -0.505. The van der Waals surface area contributed by atoms with Crippen LogP contribution in [0, 0.1) is 5.82 Å². The van der Waals surface area contributed by atoms with Gasteiger partial charge in [0, 0.05) is 18.2 Å². The monoisotopic (exact) mass is 219 g/mol. The summed E-state index contributed by atoms with van der Waals surface area (Å²) in [6.45, 7) is 0. The van der Waals surface area contributed by atoms with Crippen LogP contribution in [0.1, 0.15) is 11.1 Å². The molecule has 4 nitrogen and oxygen atoms in total. The second-order valence-corrected chi connectivity index (χ2v) is 3.40. The molecule has 82 valence electrons. The lowest BCUT2D eigenvalue weighted by atomic mass is 10.1. The van der Waals surface area contributed by atoms with Crippen molar-refractivity contribution in [3.63, 3.8) is 0 Å². The molecule has 0 atom stereocenters. The van der Waals surface area contributed by atoms with Crippen LogP contribution < -0.4 is 11.4 Å². The highest BCUT2D eigenvalue weighted by molar-refractivity contribution is 5.40. The molecule has 0 spiro atoms. The highest BCUT2D eigenvalue weighted by Crippen LogP contribution is 2.14. The Morgan fingerprint density at radius 3 is 2.75 bits per heavy atom. The van der Waals surface area contributed by atoms with Gasteiger partial charge in [0.1, 0.15) is 11.6 Å². The minimum absolute atomic E-state index is 0.225. The van der Waals surface area contributed by atoms with Crippen molar-refractivity contribution in [2.45, 2.75) is 6.42 Å². The SMILES string of the molecule is Nc1[nH]c(=O)ncc1Cc1ccccc1F. The number of hydrogen-bond donors (Lipinski definition) is 2. The maximum absolute atomic E-state index is 13.4. The van der Waals surface area contributed by atoms with E-state index in [-0.39, 0.29) is 11.6 Å². The Kier molecular flexibility index (Phi) is 2.68. The molecule has 0 amide bonds. The minimum Gasteiger partial charge on any atom is -0.385 e. The summed E-state index contributed by atoms with van der Waals surface area (Å²) >= 11 is 0. The number of nitrogens with two attached hydrogens (primary N) is 1. The van der Waals surface area contributed by atoms with Crippen molar-refractivity contribution < 1.29 is 4.39 Å². The predicted molar refractivity (Wildman–Crippen MR) is 58.5 cm³/mol. The van der Waals surface area contributed by atoms with Crippen LogP contribution in [-0.2, 0) is 6.42 Å². The van der Waals surface area contributed by atoms with Gasteiger partial charge in [0.2, 0.25) is 0 Å². The van der Waals surface area contributed by atoms with Gasteiger partial charge in [-0.25, -0.2) is 14.2 Å². The Morgan fingerprint density at radius 1 is 1.31 bits per heavy atom. The summed E-state index contributed by atoms with van der Waals surface area (Å²) in [5.41, 5.74) is 6.21. The molecule has 0 radical (unpaired) electrons. The number of nitrogens with zero attached hydrogens (tertiary/aromatic N) is 1. The van der Waals surface area contributed by atoms with Crippen LogP contribution in [0.4, 0.5) is 10.2 Å².